The maximum Gasteiger partial charge on any atom is 0.297 e. The Hall–Kier alpha value is -2.07. The lowest BCUT2D eigenvalue weighted by atomic mass is 9.86. The number of aliphatic hydroxyl groups is 2. The quantitative estimate of drug-likeness (QED) is 0.472. The summed E-state index contributed by atoms with van der Waals surface area (Å²) in [7, 11) is -4.05. The summed E-state index contributed by atoms with van der Waals surface area (Å²) < 4.78 is 41.8. The van der Waals surface area contributed by atoms with Crippen LogP contribution in [0.2, 0.25) is 0 Å². The van der Waals surface area contributed by atoms with E-state index >= 15 is 0 Å². The molecule has 3 rings (SSSR count). The molecule has 168 valence electrons. The summed E-state index contributed by atoms with van der Waals surface area (Å²) in [5, 5.41) is 21.3. The maximum absolute atomic E-state index is 12.5. The first-order chi connectivity index (χ1) is 14.7. The van der Waals surface area contributed by atoms with Crippen LogP contribution in [-0.4, -0.2) is 55.3 Å². The second kappa shape index (κ2) is 9.60. The van der Waals surface area contributed by atoms with Crippen molar-refractivity contribution in [3.8, 4) is 0 Å². The van der Waals surface area contributed by atoms with Gasteiger partial charge < -0.3 is 19.7 Å². The van der Waals surface area contributed by atoms with Gasteiger partial charge in [0.05, 0.1) is 18.1 Å². The van der Waals surface area contributed by atoms with Crippen LogP contribution in [0.4, 0.5) is 0 Å². The molecule has 5 atom stereocenters. The topological polar surface area (TPSA) is 102 Å². The average molecular weight is 449 g/mol. The zero-order chi connectivity index (χ0) is 22.6. The van der Waals surface area contributed by atoms with Gasteiger partial charge in [-0.15, -0.1) is 6.58 Å². The predicted octanol–water partition coefficient (Wildman–Crippen LogP) is 2.35. The Kier molecular flexibility index (Phi) is 7.31. The van der Waals surface area contributed by atoms with Crippen LogP contribution in [0.5, 0.6) is 0 Å². The van der Waals surface area contributed by atoms with Crippen LogP contribution in [0.1, 0.15) is 18.1 Å². The molecule has 1 aliphatic heterocycles. The van der Waals surface area contributed by atoms with Gasteiger partial charge in [0, 0.05) is 0 Å². The second-order valence-electron chi connectivity index (χ2n) is 7.79. The summed E-state index contributed by atoms with van der Waals surface area (Å²) in [5.41, 5.74) is 0.636. The number of hydrogen-bond donors (Lipinski definition) is 2. The molecule has 0 unspecified atom stereocenters. The summed E-state index contributed by atoms with van der Waals surface area (Å²) >= 11 is 0. The predicted molar refractivity (Wildman–Crippen MR) is 115 cm³/mol. The molecule has 1 aliphatic rings. The van der Waals surface area contributed by atoms with E-state index in [1.807, 2.05) is 37.3 Å². The van der Waals surface area contributed by atoms with Gasteiger partial charge in [0.1, 0.15) is 30.0 Å². The van der Waals surface area contributed by atoms with Gasteiger partial charge in [0.2, 0.25) is 0 Å². The van der Waals surface area contributed by atoms with E-state index in [0.717, 1.165) is 11.1 Å². The van der Waals surface area contributed by atoms with E-state index in [-0.39, 0.29) is 11.5 Å². The molecule has 0 aliphatic carbocycles. The number of hydrogen-bond acceptors (Lipinski definition) is 7. The first kappa shape index (κ1) is 23.6. The molecule has 8 heteroatoms. The van der Waals surface area contributed by atoms with Crippen LogP contribution in [0.15, 0.2) is 72.1 Å². The number of aliphatic hydroxyl groups excluding tert-OH is 2. The first-order valence-electron chi connectivity index (χ1n) is 9.95. The number of aryl methyl sites for hydroxylation is 1. The minimum absolute atomic E-state index is 0.000462. The Bertz CT molecular complexity index is 975. The lowest BCUT2D eigenvalue weighted by Crippen LogP contribution is -2.64. The van der Waals surface area contributed by atoms with Gasteiger partial charge in [-0.1, -0.05) is 54.1 Å². The van der Waals surface area contributed by atoms with Crippen molar-refractivity contribution >= 4 is 10.1 Å². The van der Waals surface area contributed by atoms with Crippen molar-refractivity contribution in [2.75, 3.05) is 6.61 Å². The van der Waals surface area contributed by atoms with E-state index in [0.29, 0.717) is 0 Å². The lowest BCUT2D eigenvalue weighted by Gasteiger charge is -2.47. The molecule has 1 fully saturated rings. The number of rotatable bonds is 8. The summed E-state index contributed by atoms with van der Waals surface area (Å²) in [5.74, 6) is 0. The highest BCUT2D eigenvalue weighted by Crippen LogP contribution is 2.34. The van der Waals surface area contributed by atoms with Crippen molar-refractivity contribution in [3.05, 3.63) is 78.4 Å². The Morgan fingerprint density at radius 3 is 2.35 bits per heavy atom. The van der Waals surface area contributed by atoms with E-state index in [2.05, 4.69) is 6.58 Å². The van der Waals surface area contributed by atoms with E-state index in [4.69, 9.17) is 13.7 Å². The second-order valence-corrected chi connectivity index (χ2v) is 9.41. The van der Waals surface area contributed by atoms with Crippen molar-refractivity contribution in [2.45, 2.75) is 55.4 Å². The molecule has 7 nitrogen and oxygen atoms in total. The van der Waals surface area contributed by atoms with Crippen LogP contribution >= 0.6 is 0 Å². The van der Waals surface area contributed by atoms with Gasteiger partial charge in [0.15, 0.2) is 0 Å². The lowest BCUT2D eigenvalue weighted by molar-refractivity contribution is -0.264. The minimum atomic E-state index is -4.05. The third kappa shape index (κ3) is 5.41. The van der Waals surface area contributed by atoms with Gasteiger partial charge in [-0.05, 0) is 31.5 Å². The molecule has 2 aromatic rings. The number of ether oxygens (including phenoxy) is 2. The van der Waals surface area contributed by atoms with Crippen LogP contribution in [0.25, 0.3) is 0 Å². The largest absolute Gasteiger partial charge is 0.387 e. The van der Waals surface area contributed by atoms with Crippen molar-refractivity contribution in [2.24, 2.45) is 0 Å². The van der Waals surface area contributed by atoms with Crippen LogP contribution in [0.3, 0.4) is 0 Å². The monoisotopic (exact) mass is 448 g/mol. The molecule has 1 saturated heterocycles. The SMILES string of the molecule is C=C[C@]1(C)O[C@H](COS(=O)(=O)c2ccc(C)cc2)[C@@H](O)[C@@H](O)[C@H]1OCc1ccccc1. The molecular weight excluding hydrogens is 420 g/mol. The Balaban J connectivity index is 1.69. The van der Waals surface area contributed by atoms with E-state index in [9.17, 15) is 18.6 Å². The van der Waals surface area contributed by atoms with Gasteiger partial charge >= 0.3 is 0 Å². The van der Waals surface area contributed by atoms with Crippen molar-refractivity contribution in [1.82, 2.24) is 0 Å². The molecule has 0 amide bonds. The fraction of sp³-hybridized carbons (Fsp3) is 0.391. The van der Waals surface area contributed by atoms with Gasteiger partial charge in [-0.3, -0.25) is 4.18 Å². The van der Waals surface area contributed by atoms with Gasteiger partial charge in [0.25, 0.3) is 10.1 Å². The maximum atomic E-state index is 12.5. The first-order valence-corrected chi connectivity index (χ1v) is 11.4. The Labute approximate surface area is 183 Å². The highest BCUT2D eigenvalue weighted by Gasteiger charge is 2.51. The van der Waals surface area contributed by atoms with E-state index < -0.39 is 46.7 Å². The Morgan fingerprint density at radius 1 is 1.10 bits per heavy atom. The fourth-order valence-corrected chi connectivity index (χ4v) is 4.37. The highest BCUT2D eigenvalue weighted by atomic mass is 32.2. The van der Waals surface area contributed by atoms with Crippen molar-refractivity contribution < 1.29 is 32.3 Å². The van der Waals surface area contributed by atoms with Crippen LogP contribution in [0, 0.1) is 6.92 Å². The zero-order valence-corrected chi connectivity index (χ0v) is 18.4. The van der Waals surface area contributed by atoms with E-state index in [1.165, 1.54) is 18.2 Å². The van der Waals surface area contributed by atoms with Gasteiger partial charge in [-0.25, -0.2) is 0 Å². The molecule has 0 radical (unpaired) electrons. The third-order valence-corrected chi connectivity index (χ3v) is 6.68. The molecule has 0 spiro atoms. The summed E-state index contributed by atoms with van der Waals surface area (Å²) in [6, 6.07) is 15.6. The van der Waals surface area contributed by atoms with Gasteiger partial charge in [-0.2, -0.15) is 8.42 Å². The van der Waals surface area contributed by atoms with E-state index in [1.54, 1.807) is 19.1 Å². The molecule has 2 N–H and O–H groups in total. The molecule has 0 bridgehead atoms. The number of benzene rings is 2. The molecule has 1 heterocycles. The normalized spacial score (nSPS) is 28.9. The Morgan fingerprint density at radius 2 is 1.74 bits per heavy atom. The molecule has 0 saturated carbocycles. The van der Waals surface area contributed by atoms with Crippen molar-refractivity contribution in [1.29, 1.82) is 0 Å². The molecule has 31 heavy (non-hydrogen) atoms. The van der Waals surface area contributed by atoms with Crippen LogP contribution in [-0.2, 0) is 30.4 Å². The smallest absolute Gasteiger partial charge is 0.297 e. The zero-order valence-electron chi connectivity index (χ0n) is 17.5. The standard InChI is InChI=1S/C23H28O7S/c1-4-23(3)22(28-14-17-8-6-5-7-9-17)21(25)20(24)19(30-23)15-29-31(26,27)18-12-10-16(2)11-13-18/h4-13,19-22,24-25H,1,14-15H2,2-3H3/t19-,20-,21-,22-,23+/m1/s1. The molecular formula is C23H28O7S. The van der Waals surface area contributed by atoms with Crippen molar-refractivity contribution in [3.63, 3.8) is 0 Å². The molecule has 2 aromatic carbocycles. The fourth-order valence-electron chi connectivity index (χ4n) is 3.45. The molecule has 0 aromatic heterocycles. The third-order valence-electron chi connectivity index (χ3n) is 5.39. The average Bonchev–Trinajstić information content (AvgIpc) is 2.76. The van der Waals surface area contributed by atoms with Crippen LogP contribution < -0.4 is 0 Å². The summed E-state index contributed by atoms with van der Waals surface area (Å²) in [6.45, 7) is 7.00. The summed E-state index contributed by atoms with van der Waals surface area (Å²) in [6.07, 6.45) is -3.29. The highest BCUT2D eigenvalue weighted by molar-refractivity contribution is 7.86. The summed E-state index contributed by atoms with van der Waals surface area (Å²) in [4.78, 5) is -0.000462. The minimum Gasteiger partial charge on any atom is -0.387 e.